The van der Waals surface area contributed by atoms with Crippen molar-refractivity contribution in [1.82, 2.24) is 0 Å². The summed E-state index contributed by atoms with van der Waals surface area (Å²) in [4.78, 5) is 23.6. The predicted octanol–water partition coefficient (Wildman–Crippen LogP) is 4.36. The highest BCUT2D eigenvalue weighted by Crippen LogP contribution is 2.38. The van der Waals surface area contributed by atoms with Crippen molar-refractivity contribution in [2.24, 2.45) is 5.92 Å². The van der Waals surface area contributed by atoms with E-state index in [1.807, 2.05) is 24.3 Å². The van der Waals surface area contributed by atoms with Gasteiger partial charge in [-0.1, -0.05) is 37.5 Å². The van der Waals surface area contributed by atoms with E-state index in [0.717, 1.165) is 17.6 Å². The first-order valence-electron chi connectivity index (χ1n) is 7.74. The molecular weight excluding hydrogens is 288 g/mol. The summed E-state index contributed by atoms with van der Waals surface area (Å²) < 4.78 is 5.46. The molecule has 0 N–H and O–H groups in total. The van der Waals surface area contributed by atoms with Crippen molar-refractivity contribution < 1.29 is 14.3 Å². The predicted molar refractivity (Wildman–Crippen MR) is 91.5 cm³/mol. The average Bonchev–Trinajstić information content (AvgIpc) is 2.53. The molecular formula is C20H22O3. The van der Waals surface area contributed by atoms with Crippen LogP contribution in [0.4, 0.5) is 0 Å². The number of allylic oxidation sites excluding steroid dienone is 8. The molecule has 2 rings (SSSR count). The molecule has 0 aromatic heterocycles. The number of carbonyl (C=O) groups is 2. The summed E-state index contributed by atoms with van der Waals surface area (Å²) >= 11 is 0. The van der Waals surface area contributed by atoms with Crippen LogP contribution in [0.5, 0.6) is 0 Å². The molecule has 3 nitrogen and oxygen atoms in total. The van der Waals surface area contributed by atoms with Gasteiger partial charge in [0.25, 0.3) is 0 Å². The molecule has 3 heteroatoms. The van der Waals surface area contributed by atoms with E-state index in [1.165, 1.54) is 0 Å². The molecule has 0 fully saturated rings. The summed E-state index contributed by atoms with van der Waals surface area (Å²) in [5.41, 5.74) is 3.20. The smallest absolute Gasteiger partial charge is 0.338 e. The Kier molecular flexibility index (Phi) is 5.32. The Morgan fingerprint density at radius 3 is 2.57 bits per heavy atom. The zero-order valence-electron chi connectivity index (χ0n) is 13.7. The van der Waals surface area contributed by atoms with Crippen molar-refractivity contribution in [2.45, 2.75) is 33.1 Å². The minimum Gasteiger partial charge on any atom is -0.427 e. The molecule has 2 aliphatic carbocycles. The maximum atomic E-state index is 11.8. The number of carbonyl (C=O) groups excluding carboxylic acids is 2. The minimum atomic E-state index is -0.403. The van der Waals surface area contributed by atoms with Crippen LogP contribution in [-0.4, -0.2) is 11.8 Å². The third-order valence-electron chi connectivity index (χ3n) is 3.98. The van der Waals surface area contributed by atoms with Crippen molar-refractivity contribution in [3.8, 4) is 0 Å². The second kappa shape index (κ2) is 7.23. The quantitative estimate of drug-likeness (QED) is 0.541. The average molecular weight is 310 g/mol. The normalized spacial score (nSPS) is 19.0. The number of fused-ring (bicyclic) bond motifs is 1. The summed E-state index contributed by atoms with van der Waals surface area (Å²) in [6, 6.07) is 0. The monoisotopic (exact) mass is 310 g/mol. The number of ether oxygens (including phenoxy) is 1. The summed E-state index contributed by atoms with van der Waals surface area (Å²) in [6.07, 6.45) is 11.8. The van der Waals surface area contributed by atoms with Crippen LogP contribution in [0.15, 0.2) is 71.6 Å². The number of esters is 1. The highest BCUT2D eigenvalue weighted by Gasteiger charge is 2.28. The minimum absolute atomic E-state index is 0.0308. The third-order valence-corrected chi connectivity index (χ3v) is 3.98. The van der Waals surface area contributed by atoms with Crippen LogP contribution in [-0.2, 0) is 14.3 Å². The number of hydrogen-bond donors (Lipinski definition) is 0. The zero-order valence-corrected chi connectivity index (χ0v) is 13.7. The van der Waals surface area contributed by atoms with Crippen molar-refractivity contribution in [3.05, 3.63) is 71.6 Å². The van der Waals surface area contributed by atoms with E-state index in [4.69, 9.17) is 4.74 Å². The fourth-order valence-corrected chi connectivity index (χ4v) is 2.61. The van der Waals surface area contributed by atoms with Crippen molar-refractivity contribution in [2.75, 3.05) is 0 Å². The number of hydrogen-bond acceptors (Lipinski definition) is 3. The van der Waals surface area contributed by atoms with E-state index < -0.39 is 5.97 Å². The molecule has 0 aromatic rings. The first-order chi connectivity index (χ1) is 10.9. The maximum absolute atomic E-state index is 11.8. The molecule has 0 saturated heterocycles. The van der Waals surface area contributed by atoms with Crippen LogP contribution < -0.4 is 0 Å². The first-order valence-corrected chi connectivity index (χ1v) is 7.74. The van der Waals surface area contributed by atoms with Gasteiger partial charge in [0.2, 0.25) is 0 Å². The van der Waals surface area contributed by atoms with Crippen molar-refractivity contribution in [1.29, 1.82) is 0 Å². The lowest BCUT2D eigenvalue weighted by molar-refractivity contribution is -0.135. The summed E-state index contributed by atoms with van der Waals surface area (Å²) in [5.74, 6) is 0.351. The molecule has 0 radical (unpaired) electrons. The van der Waals surface area contributed by atoms with Gasteiger partial charge in [-0.15, -0.1) is 0 Å². The van der Waals surface area contributed by atoms with Gasteiger partial charge in [-0.2, -0.15) is 0 Å². The third kappa shape index (κ3) is 4.07. The summed E-state index contributed by atoms with van der Waals surface area (Å²) in [7, 11) is 0. The van der Waals surface area contributed by atoms with Crippen LogP contribution in [0.2, 0.25) is 0 Å². The molecule has 23 heavy (non-hydrogen) atoms. The standard InChI is InChI=1S/C20H22O3/c1-13(2)18(21)11-9-15-10-12-19(23-20(22)14(3)4)17-8-6-5-7-16(15)17/h5-7,10,12,17H,1,3,8-9,11H2,2,4H3. The fraction of sp³-hybridized carbons (Fsp3) is 0.300. The molecule has 2 aliphatic rings. The Balaban J connectivity index is 2.19. The lowest BCUT2D eigenvalue weighted by Gasteiger charge is -2.28. The van der Waals surface area contributed by atoms with Gasteiger partial charge in [0.1, 0.15) is 5.76 Å². The van der Waals surface area contributed by atoms with Crippen LogP contribution in [0, 0.1) is 5.92 Å². The largest absolute Gasteiger partial charge is 0.427 e. The van der Waals surface area contributed by atoms with Crippen LogP contribution in [0.1, 0.15) is 33.1 Å². The van der Waals surface area contributed by atoms with Crippen molar-refractivity contribution >= 4 is 11.8 Å². The molecule has 0 heterocycles. The number of rotatable bonds is 6. The van der Waals surface area contributed by atoms with Gasteiger partial charge in [-0.05, 0) is 49.5 Å². The van der Waals surface area contributed by atoms with Gasteiger partial charge < -0.3 is 4.74 Å². The SMILES string of the molecule is C=C(C)C(=O)CCC1=CC=C(OC(=O)C(=C)C)C2CC=CC=C12. The van der Waals surface area contributed by atoms with E-state index in [-0.39, 0.29) is 11.7 Å². The summed E-state index contributed by atoms with van der Waals surface area (Å²) in [5, 5.41) is 0. The number of ketones is 1. The Morgan fingerprint density at radius 2 is 1.91 bits per heavy atom. The Bertz CT molecular complexity index is 684. The van der Waals surface area contributed by atoms with Crippen LogP contribution in [0.3, 0.4) is 0 Å². The van der Waals surface area contributed by atoms with Gasteiger partial charge in [0.05, 0.1) is 0 Å². The van der Waals surface area contributed by atoms with Gasteiger partial charge in [0.15, 0.2) is 5.78 Å². The van der Waals surface area contributed by atoms with E-state index in [2.05, 4.69) is 19.2 Å². The Morgan fingerprint density at radius 1 is 1.17 bits per heavy atom. The van der Waals surface area contributed by atoms with E-state index >= 15 is 0 Å². The highest BCUT2D eigenvalue weighted by atomic mass is 16.5. The molecule has 0 amide bonds. The van der Waals surface area contributed by atoms with E-state index in [9.17, 15) is 9.59 Å². The first kappa shape index (κ1) is 16.9. The van der Waals surface area contributed by atoms with Crippen LogP contribution in [0.25, 0.3) is 0 Å². The molecule has 0 spiro atoms. The van der Waals surface area contributed by atoms with Gasteiger partial charge >= 0.3 is 5.97 Å². The second-order valence-electron chi connectivity index (χ2n) is 5.97. The van der Waals surface area contributed by atoms with Crippen molar-refractivity contribution in [3.63, 3.8) is 0 Å². The van der Waals surface area contributed by atoms with Crippen LogP contribution >= 0.6 is 0 Å². The molecule has 1 unspecified atom stereocenters. The van der Waals surface area contributed by atoms with E-state index in [1.54, 1.807) is 13.8 Å². The van der Waals surface area contributed by atoms with Gasteiger partial charge in [-0.25, -0.2) is 4.79 Å². The summed E-state index contributed by atoms with van der Waals surface area (Å²) in [6.45, 7) is 10.7. The second-order valence-corrected chi connectivity index (χ2v) is 5.97. The Labute approximate surface area is 137 Å². The molecule has 0 aliphatic heterocycles. The lowest BCUT2D eigenvalue weighted by atomic mass is 9.80. The Hall–Kier alpha value is -2.42. The molecule has 1 atom stereocenters. The highest BCUT2D eigenvalue weighted by molar-refractivity contribution is 5.94. The molecule has 0 aromatic carbocycles. The fourth-order valence-electron chi connectivity index (χ4n) is 2.61. The molecule has 0 saturated carbocycles. The zero-order chi connectivity index (χ0) is 17.0. The van der Waals surface area contributed by atoms with E-state index in [0.29, 0.717) is 29.7 Å². The lowest BCUT2D eigenvalue weighted by Crippen LogP contribution is -2.19. The van der Waals surface area contributed by atoms with Gasteiger partial charge in [-0.3, -0.25) is 4.79 Å². The maximum Gasteiger partial charge on any atom is 0.338 e. The topological polar surface area (TPSA) is 43.4 Å². The molecule has 0 bridgehead atoms. The number of Topliss-reactive ketones (excluding diaryl/α,β-unsaturated/α-hetero) is 1. The van der Waals surface area contributed by atoms with Gasteiger partial charge in [0, 0.05) is 17.9 Å². The molecule has 120 valence electrons.